The van der Waals surface area contributed by atoms with Crippen LogP contribution in [-0.4, -0.2) is 29.6 Å². The second-order valence-electron chi connectivity index (χ2n) is 5.79. The van der Waals surface area contributed by atoms with Crippen LogP contribution in [-0.2, 0) is 12.8 Å². The molecule has 0 saturated carbocycles. The first-order chi connectivity index (χ1) is 10.5. The highest BCUT2D eigenvalue weighted by Crippen LogP contribution is 2.23. The van der Waals surface area contributed by atoms with Gasteiger partial charge in [0.2, 0.25) is 0 Å². The van der Waals surface area contributed by atoms with Gasteiger partial charge in [-0.05, 0) is 24.5 Å². The Morgan fingerprint density at radius 3 is 2.23 bits per heavy atom. The van der Waals surface area contributed by atoms with Gasteiger partial charge in [-0.1, -0.05) is 44.9 Å². The van der Waals surface area contributed by atoms with Crippen molar-refractivity contribution in [3.63, 3.8) is 0 Å². The Hall–Kier alpha value is -2.10. The summed E-state index contributed by atoms with van der Waals surface area (Å²) in [6.07, 6.45) is 3.44. The summed E-state index contributed by atoms with van der Waals surface area (Å²) in [5, 5.41) is 1.02. The summed E-state index contributed by atoms with van der Waals surface area (Å²) in [7, 11) is 3.34. The number of rotatable bonds is 4. The van der Waals surface area contributed by atoms with Crippen LogP contribution in [0.4, 0.5) is 4.79 Å². The van der Waals surface area contributed by atoms with E-state index in [0.29, 0.717) is 11.9 Å². The van der Waals surface area contributed by atoms with Gasteiger partial charge in [0.1, 0.15) is 0 Å². The largest absolute Gasteiger partial charge is 0.331 e. The zero-order chi connectivity index (χ0) is 16.3. The van der Waals surface area contributed by atoms with Crippen molar-refractivity contribution in [2.75, 3.05) is 14.1 Å². The molecule has 0 fully saturated rings. The molecule has 1 aromatic carbocycles. The molecule has 118 valence electrons. The molecule has 4 heteroatoms. The maximum absolute atomic E-state index is 12.9. The quantitative estimate of drug-likeness (QED) is 0.868. The van der Waals surface area contributed by atoms with Gasteiger partial charge in [0, 0.05) is 25.0 Å². The van der Waals surface area contributed by atoms with Crippen LogP contribution >= 0.6 is 0 Å². The minimum Gasteiger partial charge on any atom is -0.330 e. The lowest BCUT2D eigenvalue weighted by molar-refractivity contribution is 0.219. The molecule has 0 aliphatic rings. The van der Waals surface area contributed by atoms with E-state index in [1.807, 2.05) is 24.3 Å². The van der Waals surface area contributed by atoms with Crippen LogP contribution < -0.4 is 5.56 Å². The lowest BCUT2D eigenvalue weighted by Crippen LogP contribution is -2.37. The van der Waals surface area contributed by atoms with Gasteiger partial charge in [-0.2, -0.15) is 0 Å². The summed E-state index contributed by atoms with van der Waals surface area (Å²) < 4.78 is 1.32. The third kappa shape index (κ3) is 2.78. The molecule has 1 aromatic heterocycles. The monoisotopic (exact) mass is 300 g/mol. The maximum atomic E-state index is 12.9. The normalized spacial score (nSPS) is 10.9. The summed E-state index contributed by atoms with van der Waals surface area (Å²) in [5.74, 6) is 0. The molecule has 22 heavy (non-hydrogen) atoms. The van der Waals surface area contributed by atoms with Gasteiger partial charge in [-0.3, -0.25) is 4.79 Å². The van der Waals surface area contributed by atoms with E-state index in [1.165, 1.54) is 9.47 Å². The molecule has 0 aliphatic carbocycles. The number of aryl methyl sites for hydroxylation is 1. The molecule has 2 rings (SSSR count). The van der Waals surface area contributed by atoms with Crippen molar-refractivity contribution in [2.24, 2.45) is 0 Å². The standard InChI is InChI=1S/C18H24N2O2/c1-5-9-13-14-11-7-8-12-16(14)20(18(22)19(3)4)17(21)15(13)10-6-2/h7-8,11-12H,5-6,9-10H2,1-4H3. The topological polar surface area (TPSA) is 42.3 Å². The Bertz CT molecular complexity index is 745. The number of carbonyl (C=O) groups excluding carboxylic acids is 1. The molecular weight excluding hydrogens is 276 g/mol. The highest BCUT2D eigenvalue weighted by molar-refractivity contribution is 5.92. The van der Waals surface area contributed by atoms with E-state index in [0.717, 1.165) is 35.8 Å². The molecule has 4 nitrogen and oxygen atoms in total. The number of benzene rings is 1. The van der Waals surface area contributed by atoms with E-state index in [2.05, 4.69) is 13.8 Å². The first-order valence-electron chi connectivity index (χ1n) is 7.90. The van der Waals surface area contributed by atoms with E-state index >= 15 is 0 Å². The third-order valence-electron chi connectivity index (χ3n) is 3.87. The van der Waals surface area contributed by atoms with Crippen LogP contribution in [0, 0.1) is 0 Å². The number of aromatic nitrogens is 1. The van der Waals surface area contributed by atoms with Crippen molar-refractivity contribution < 1.29 is 4.79 Å². The average molecular weight is 300 g/mol. The number of fused-ring (bicyclic) bond motifs is 1. The number of para-hydroxylation sites is 1. The Labute approximate surface area is 131 Å². The fraction of sp³-hybridized carbons (Fsp3) is 0.444. The molecule has 0 saturated heterocycles. The second kappa shape index (κ2) is 6.77. The zero-order valence-corrected chi connectivity index (χ0v) is 13.8. The van der Waals surface area contributed by atoms with Crippen LogP contribution in [0.5, 0.6) is 0 Å². The molecule has 0 bridgehead atoms. The minimum atomic E-state index is -0.290. The van der Waals surface area contributed by atoms with Crippen molar-refractivity contribution >= 4 is 16.9 Å². The summed E-state index contributed by atoms with van der Waals surface area (Å²) in [6.45, 7) is 4.17. The molecule has 2 aromatic rings. The zero-order valence-electron chi connectivity index (χ0n) is 13.8. The third-order valence-corrected chi connectivity index (χ3v) is 3.87. The van der Waals surface area contributed by atoms with E-state index in [1.54, 1.807) is 14.1 Å². The summed E-state index contributed by atoms with van der Waals surface area (Å²) in [4.78, 5) is 26.9. The molecule has 0 aliphatic heterocycles. The number of pyridine rings is 1. The highest BCUT2D eigenvalue weighted by atomic mass is 16.2. The molecule has 0 atom stereocenters. The number of amides is 1. The molecule has 0 unspecified atom stereocenters. The van der Waals surface area contributed by atoms with Crippen LogP contribution in [0.2, 0.25) is 0 Å². The Morgan fingerprint density at radius 2 is 1.64 bits per heavy atom. The van der Waals surface area contributed by atoms with Gasteiger partial charge in [0.25, 0.3) is 5.56 Å². The minimum absolute atomic E-state index is 0.164. The van der Waals surface area contributed by atoms with Crippen molar-refractivity contribution in [3.8, 4) is 0 Å². The Balaban J connectivity index is 2.91. The van der Waals surface area contributed by atoms with Gasteiger partial charge in [0.05, 0.1) is 5.52 Å². The fourth-order valence-electron chi connectivity index (χ4n) is 2.89. The smallest absolute Gasteiger partial charge is 0.330 e. The van der Waals surface area contributed by atoms with Gasteiger partial charge in [-0.15, -0.1) is 0 Å². The van der Waals surface area contributed by atoms with Crippen LogP contribution in [0.15, 0.2) is 29.1 Å². The summed E-state index contributed by atoms with van der Waals surface area (Å²) >= 11 is 0. The van der Waals surface area contributed by atoms with E-state index < -0.39 is 0 Å². The van der Waals surface area contributed by atoms with Crippen LogP contribution in [0.3, 0.4) is 0 Å². The number of nitrogens with zero attached hydrogens (tertiary/aromatic N) is 2. The summed E-state index contributed by atoms with van der Waals surface area (Å²) in [6, 6.07) is 7.41. The first-order valence-corrected chi connectivity index (χ1v) is 7.90. The molecule has 0 radical (unpaired) electrons. The highest BCUT2D eigenvalue weighted by Gasteiger charge is 2.20. The lowest BCUT2D eigenvalue weighted by Gasteiger charge is -2.19. The van der Waals surface area contributed by atoms with Crippen molar-refractivity contribution in [1.82, 2.24) is 9.47 Å². The summed E-state index contributed by atoms with van der Waals surface area (Å²) in [5.41, 5.74) is 2.43. The van der Waals surface area contributed by atoms with Crippen LogP contribution in [0.25, 0.3) is 10.9 Å². The molecule has 1 amide bonds. The molecule has 0 spiro atoms. The number of carbonyl (C=O) groups is 1. The van der Waals surface area contributed by atoms with Gasteiger partial charge < -0.3 is 4.90 Å². The van der Waals surface area contributed by atoms with E-state index in [-0.39, 0.29) is 11.6 Å². The van der Waals surface area contributed by atoms with Gasteiger partial charge in [-0.25, -0.2) is 9.36 Å². The predicted molar refractivity (Wildman–Crippen MR) is 90.7 cm³/mol. The lowest BCUT2D eigenvalue weighted by atomic mass is 9.96. The molecule has 1 heterocycles. The molecular formula is C18H24N2O2. The SMILES string of the molecule is CCCc1c(CCC)c2ccccc2n(C(=O)N(C)C)c1=O. The Morgan fingerprint density at radius 1 is 1.05 bits per heavy atom. The average Bonchev–Trinajstić information content (AvgIpc) is 2.50. The van der Waals surface area contributed by atoms with E-state index in [4.69, 9.17) is 0 Å². The number of hydrogen-bond acceptors (Lipinski definition) is 2. The van der Waals surface area contributed by atoms with Crippen molar-refractivity contribution in [2.45, 2.75) is 39.5 Å². The fourth-order valence-corrected chi connectivity index (χ4v) is 2.89. The van der Waals surface area contributed by atoms with Crippen LogP contribution in [0.1, 0.15) is 37.8 Å². The van der Waals surface area contributed by atoms with Crippen molar-refractivity contribution in [3.05, 3.63) is 45.7 Å². The predicted octanol–water partition coefficient (Wildman–Crippen LogP) is 3.44. The first kappa shape index (κ1) is 16.3. The number of hydrogen-bond donors (Lipinski definition) is 0. The molecule has 0 N–H and O–H groups in total. The van der Waals surface area contributed by atoms with Gasteiger partial charge in [0.15, 0.2) is 0 Å². The Kier molecular flexibility index (Phi) is 5.01. The van der Waals surface area contributed by atoms with Crippen molar-refractivity contribution in [1.29, 1.82) is 0 Å². The maximum Gasteiger partial charge on any atom is 0.331 e. The van der Waals surface area contributed by atoms with E-state index in [9.17, 15) is 9.59 Å². The van der Waals surface area contributed by atoms with Gasteiger partial charge >= 0.3 is 6.03 Å². The second-order valence-corrected chi connectivity index (χ2v) is 5.79.